The van der Waals surface area contributed by atoms with Crippen molar-refractivity contribution >= 4 is 32.4 Å². The molecule has 0 amide bonds. The van der Waals surface area contributed by atoms with Crippen molar-refractivity contribution in [3.8, 4) is 0 Å². The second kappa shape index (κ2) is 5.31. The van der Waals surface area contributed by atoms with E-state index in [2.05, 4.69) is 22.6 Å². The summed E-state index contributed by atoms with van der Waals surface area (Å²) in [4.78, 5) is 11.6. The number of aromatic nitrogens is 1. The molecule has 16 heavy (non-hydrogen) atoms. The first kappa shape index (κ1) is 13.7. The maximum absolute atomic E-state index is 11.6. The van der Waals surface area contributed by atoms with Gasteiger partial charge in [0.25, 0.3) is 5.56 Å². The van der Waals surface area contributed by atoms with Gasteiger partial charge in [-0.2, -0.15) is 0 Å². The molecule has 0 aromatic carbocycles. The second-order valence-corrected chi connectivity index (χ2v) is 7.24. The van der Waals surface area contributed by atoms with Crippen LogP contribution in [0.1, 0.15) is 12.0 Å². The first-order valence-electron chi connectivity index (χ1n) is 4.84. The number of hydrogen-bond acceptors (Lipinski definition) is 3. The number of aryl methyl sites for hydroxylation is 2. The van der Waals surface area contributed by atoms with Gasteiger partial charge in [0.2, 0.25) is 0 Å². The molecule has 1 aromatic heterocycles. The van der Waals surface area contributed by atoms with Crippen molar-refractivity contribution in [1.29, 1.82) is 0 Å². The highest BCUT2D eigenvalue weighted by atomic mass is 127. The number of sulfone groups is 1. The van der Waals surface area contributed by atoms with Gasteiger partial charge in [-0.3, -0.25) is 4.79 Å². The van der Waals surface area contributed by atoms with Crippen LogP contribution in [0.2, 0.25) is 0 Å². The van der Waals surface area contributed by atoms with Gasteiger partial charge in [0.05, 0.1) is 5.75 Å². The second-order valence-electron chi connectivity index (χ2n) is 3.82. The molecule has 0 saturated carbocycles. The van der Waals surface area contributed by atoms with E-state index >= 15 is 0 Å². The molecule has 0 aliphatic carbocycles. The van der Waals surface area contributed by atoms with Crippen LogP contribution in [0.15, 0.2) is 17.1 Å². The monoisotopic (exact) mass is 355 g/mol. The number of nitrogens with zero attached hydrogens (tertiary/aromatic N) is 1. The molecule has 0 fully saturated rings. The van der Waals surface area contributed by atoms with Crippen molar-refractivity contribution in [3.63, 3.8) is 0 Å². The van der Waals surface area contributed by atoms with E-state index in [-0.39, 0.29) is 11.3 Å². The minimum Gasteiger partial charge on any atom is -0.314 e. The van der Waals surface area contributed by atoms with Crippen LogP contribution in [0.25, 0.3) is 0 Å². The van der Waals surface area contributed by atoms with E-state index in [1.165, 1.54) is 6.26 Å². The molecular formula is C10H14INO3S. The fourth-order valence-corrected chi connectivity index (χ4v) is 2.46. The molecular weight excluding hydrogens is 341 g/mol. The zero-order valence-electron chi connectivity index (χ0n) is 9.23. The van der Waals surface area contributed by atoms with Gasteiger partial charge in [-0.05, 0) is 41.5 Å². The fraction of sp³-hybridized carbons (Fsp3) is 0.500. The zero-order chi connectivity index (χ0) is 12.3. The molecule has 0 N–H and O–H groups in total. The molecule has 0 spiro atoms. The van der Waals surface area contributed by atoms with Crippen LogP contribution in [0, 0.1) is 10.5 Å². The van der Waals surface area contributed by atoms with Crippen LogP contribution in [0.4, 0.5) is 0 Å². The third-order valence-electron chi connectivity index (χ3n) is 2.18. The summed E-state index contributed by atoms with van der Waals surface area (Å²) in [6, 6.07) is 1.57. The van der Waals surface area contributed by atoms with Gasteiger partial charge in [-0.1, -0.05) is 0 Å². The Morgan fingerprint density at radius 2 is 2.06 bits per heavy atom. The lowest BCUT2D eigenvalue weighted by molar-refractivity contribution is 0.589. The lowest BCUT2D eigenvalue weighted by atomic mass is 10.3. The summed E-state index contributed by atoms with van der Waals surface area (Å²) in [5.74, 6) is 0.115. The van der Waals surface area contributed by atoms with E-state index in [4.69, 9.17) is 0 Å². The third kappa shape index (κ3) is 4.25. The average Bonchev–Trinajstić information content (AvgIpc) is 2.11. The smallest absolute Gasteiger partial charge is 0.250 e. The molecule has 0 radical (unpaired) electrons. The highest BCUT2D eigenvalue weighted by Crippen LogP contribution is 2.07. The lowest BCUT2D eigenvalue weighted by Crippen LogP contribution is -2.21. The maximum Gasteiger partial charge on any atom is 0.250 e. The van der Waals surface area contributed by atoms with Crippen molar-refractivity contribution in [2.24, 2.45) is 0 Å². The Hall–Kier alpha value is -0.370. The quantitative estimate of drug-likeness (QED) is 0.763. The van der Waals surface area contributed by atoms with Crippen LogP contribution < -0.4 is 5.56 Å². The molecule has 0 saturated heterocycles. The predicted octanol–water partition coefficient (Wildman–Crippen LogP) is 1.20. The SMILES string of the molecule is Cc1cc(=O)n(CCCS(C)(=O)=O)cc1I. The van der Waals surface area contributed by atoms with Crippen LogP contribution in [0.3, 0.4) is 0 Å². The molecule has 0 unspecified atom stereocenters. The first-order chi connectivity index (χ1) is 7.29. The highest BCUT2D eigenvalue weighted by Gasteiger charge is 2.04. The van der Waals surface area contributed by atoms with Crippen molar-refractivity contribution < 1.29 is 8.42 Å². The normalized spacial score (nSPS) is 11.7. The molecule has 0 aliphatic rings. The molecule has 6 heteroatoms. The molecule has 4 nitrogen and oxygen atoms in total. The summed E-state index contributed by atoms with van der Waals surface area (Å²) in [5, 5.41) is 0. The van der Waals surface area contributed by atoms with Gasteiger partial charge >= 0.3 is 0 Å². The first-order valence-corrected chi connectivity index (χ1v) is 7.98. The summed E-state index contributed by atoms with van der Waals surface area (Å²) in [5.41, 5.74) is 0.872. The molecule has 0 aliphatic heterocycles. The molecule has 0 bridgehead atoms. The summed E-state index contributed by atoms with van der Waals surface area (Å²) in [6.07, 6.45) is 3.44. The standard InChI is InChI=1S/C10H14INO3S/c1-8-6-10(13)12(7-9(8)11)4-3-5-16(2,14)15/h6-7H,3-5H2,1-2H3. The fourth-order valence-electron chi connectivity index (χ4n) is 1.31. The summed E-state index contributed by atoms with van der Waals surface area (Å²) < 4.78 is 24.4. The van der Waals surface area contributed by atoms with E-state index in [9.17, 15) is 13.2 Å². The molecule has 90 valence electrons. The van der Waals surface area contributed by atoms with Crippen molar-refractivity contribution in [1.82, 2.24) is 4.57 Å². The molecule has 1 aromatic rings. The Kier molecular flexibility index (Phi) is 4.54. The van der Waals surface area contributed by atoms with Crippen LogP contribution in [-0.2, 0) is 16.4 Å². The molecule has 1 rings (SSSR count). The molecule has 1 heterocycles. The number of halogens is 1. The number of hydrogen-bond donors (Lipinski definition) is 0. The van der Waals surface area contributed by atoms with Gasteiger partial charge in [0, 0.05) is 28.6 Å². The third-order valence-corrected chi connectivity index (χ3v) is 4.34. The maximum atomic E-state index is 11.6. The van der Waals surface area contributed by atoms with Gasteiger partial charge in [0.15, 0.2) is 0 Å². The Labute approximate surface area is 109 Å². The van der Waals surface area contributed by atoms with Crippen LogP contribution >= 0.6 is 22.6 Å². The Balaban J connectivity index is 2.76. The average molecular weight is 355 g/mol. The van der Waals surface area contributed by atoms with Crippen LogP contribution in [0.5, 0.6) is 0 Å². The Bertz CT molecular complexity index is 533. The molecule has 0 atom stereocenters. The van der Waals surface area contributed by atoms with E-state index in [1.54, 1.807) is 16.8 Å². The van der Waals surface area contributed by atoms with Gasteiger partial charge in [0.1, 0.15) is 9.84 Å². The van der Waals surface area contributed by atoms with Gasteiger partial charge in [-0.25, -0.2) is 8.42 Å². The van der Waals surface area contributed by atoms with Crippen LogP contribution in [-0.4, -0.2) is 25.0 Å². The minimum atomic E-state index is -2.94. The Morgan fingerprint density at radius 3 is 2.62 bits per heavy atom. The highest BCUT2D eigenvalue weighted by molar-refractivity contribution is 14.1. The number of rotatable bonds is 4. The van der Waals surface area contributed by atoms with Crippen molar-refractivity contribution in [2.75, 3.05) is 12.0 Å². The number of pyridine rings is 1. The predicted molar refractivity (Wildman–Crippen MR) is 72.5 cm³/mol. The zero-order valence-corrected chi connectivity index (χ0v) is 12.2. The van der Waals surface area contributed by atoms with E-state index in [0.29, 0.717) is 13.0 Å². The lowest BCUT2D eigenvalue weighted by Gasteiger charge is -2.07. The van der Waals surface area contributed by atoms with Crippen molar-refractivity contribution in [2.45, 2.75) is 19.9 Å². The van der Waals surface area contributed by atoms with E-state index < -0.39 is 9.84 Å². The topological polar surface area (TPSA) is 56.1 Å². The summed E-state index contributed by atoms with van der Waals surface area (Å²) in [7, 11) is -2.94. The van der Waals surface area contributed by atoms with Crippen molar-refractivity contribution in [3.05, 3.63) is 31.8 Å². The van der Waals surface area contributed by atoms with Gasteiger partial charge < -0.3 is 4.57 Å². The summed E-state index contributed by atoms with van der Waals surface area (Å²) >= 11 is 2.16. The summed E-state index contributed by atoms with van der Waals surface area (Å²) in [6.45, 7) is 2.33. The Morgan fingerprint density at radius 1 is 1.44 bits per heavy atom. The van der Waals surface area contributed by atoms with E-state index in [0.717, 1.165) is 9.13 Å². The van der Waals surface area contributed by atoms with E-state index in [1.807, 2.05) is 6.92 Å². The largest absolute Gasteiger partial charge is 0.314 e. The minimum absolute atomic E-state index is 0.0774. The van der Waals surface area contributed by atoms with Gasteiger partial charge in [-0.15, -0.1) is 0 Å².